The van der Waals surface area contributed by atoms with E-state index >= 15 is 0 Å². The zero-order chi connectivity index (χ0) is 21.5. The van der Waals surface area contributed by atoms with Crippen molar-refractivity contribution in [3.8, 4) is 22.7 Å². The number of aryl methyl sites for hydroxylation is 2. The van der Waals surface area contributed by atoms with Gasteiger partial charge in [0.05, 0.1) is 37.6 Å². The molecule has 160 valence electrons. The van der Waals surface area contributed by atoms with Crippen molar-refractivity contribution in [2.24, 2.45) is 0 Å². The van der Waals surface area contributed by atoms with Crippen LogP contribution < -0.4 is 0 Å². The molecule has 2 heterocycles. The molecule has 30 heavy (non-hydrogen) atoms. The van der Waals surface area contributed by atoms with Gasteiger partial charge >= 0.3 is 6.18 Å². The number of aromatic nitrogens is 2. The van der Waals surface area contributed by atoms with Gasteiger partial charge in [-0.15, -0.1) is 5.54 Å². The number of hydrogen-bond donors (Lipinski definition) is 0. The van der Waals surface area contributed by atoms with Crippen molar-refractivity contribution in [3.63, 3.8) is 0 Å². The molecule has 0 unspecified atom stereocenters. The van der Waals surface area contributed by atoms with Gasteiger partial charge in [0.1, 0.15) is 14.2 Å². The standard InChI is InChI=1S/C22H25F3N2O2Si/c1-30(2,3)9-6-15-10-16-4-5-17-12-27(13-18-14-28-7-8-29-18)26-21(17)20(16)19(11-15)22(23,24)25/h10-12,18H,4-5,7-8,13-14H2,1-3H3/t18-/m0/s1. The van der Waals surface area contributed by atoms with Gasteiger partial charge in [0.25, 0.3) is 0 Å². The summed E-state index contributed by atoms with van der Waals surface area (Å²) in [6, 6.07) is 2.98. The van der Waals surface area contributed by atoms with E-state index in [0.29, 0.717) is 56.0 Å². The second-order valence-corrected chi connectivity index (χ2v) is 13.6. The molecule has 1 atom stereocenters. The van der Waals surface area contributed by atoms with E-state index in [-0.39, 0.29) is 11.7 Å². The summed E-state index contributed by atoms with van der Waals surface area (Å²) in [7, 11) is -1.69. The van der Waals surface area contributed by atoms with Gasteiger partial charge in [-0.25, -0.2) is 0 Å². The molecule has 1 aliphatic heterocycles. The van der Waals surface area contributed by atoms with Crippen molar-refractivity contribution >= 4 is 8.07 Å². The highest BCUT2D eigenvalue weighted by molar-refractivity contribution is 6.83. The van der Waals surface area contributed by atoms with Crippen molar-refractivity contribution in [1.82, 2.24) is 9.78 Å². The topological polar surface area (TPSA) is 36.3 Å². The Bertz CT molecular complexity index is 1010. The molecule has 0 spiro atoms. The van der Waals surface area contributed by atoms with Crippen LogP contribution in [0.2, 0.25) is 19.6 Å². The summed E-state index contributed by atoms with van der Waals surface area (Å²) in [4.78, 5) is 0. The highest BCUT2D eigenvalue weighted by Crippen LogP contribution is 2.43. The Kier molecular flexibility index (Phi) is 5.55. The third-order valence-corrected chi connectivity index (χ3v) is 6.00. The summed E-state index contributed by atoms with van der Waals surface area (Å²) < 4.78 is 54.7. The van der Waals surface area contributed by atoms with Crippen molar-refractivity contribution in [2.75, 3.05) is 19.8 Å². The van der Waals surface area contributed by atoms with E-state index in [1.54, 1.807) is 10.7 Å². The first-order chi connectivity index (χ1) is 14.1. The summed E-state index contributed by atoms with van der Waals surface area (Å²) in [6.07, 6.45) is -1.56. The molecule has 0 N–H and O–H groups in total. The van der Waals surface area contributed by atoms with Gasteiger partial charge < -0.3 is 9.47 Å². The SMILES string of the molecule is C[Si](C)(C)C#Cc1cc2c(c(C(F)(F)F)c1)-c1nn(C[C@H]3COCCO3)cc1CC2. The Morgan fingerprint density at radius 3 is 2.60 bits per heavy atom. The van der Waals surface area contributed by atoms with E-state index < -0.39 is 19.8 Å². The minimum Gasteiger partial charge on any atom is -0.376 e. The van der Waals surface area contributed by atoms with Gasteiger partial charge in [-0.05, 0) is 36.1 Å². The van der Waals surface area contributed by atoms with Crippen LogP contribution in [0.25, 0.3) is 11.3 Å². The molecule has 2 aliphatic rings. The smallest absolute Gasteiger partial charge is 0.376 e. The predicted molar refractivity (Wildman–Crippen MR) is 111 cm³/mol. The number of alkyl halides is 3. The number of nitrogens with zero attached hydrogens (tertiary/aromatic N) is 2. The molecular weight excluding hydrogens is 409 g/mol. The van der Waals surface area contributed by atoms with Crippen LogP contribution in [0.3, 0.4) is 0 Å². The van der Waals surface area contributed by atoms with Crippen molar-refractivity contribution in [3.05, 3.63) is 40.6 Å². The first-order valence-electron chi connectivity index (χ1n) is 10.1. The maximum atomic E-state index is 14.0. The highest BCUT2D eigenvalue weighted by atomic mass is 28.3. The molecular formula is C22H25F3N2O2Si. The fraction of sp³-hybridized carbons (Fsp3) is 0.500. The van der Waals surface area contributed by atoms with Crippen LogP contribution in [0.5, 0.6) is 0 Å². The number of halogens is 3. The zero-order valence-electron chi connectivity index (χ0n) is 17.4. The van der Waals surface area contributed by atoms with Crippen LogP contribution in [0, 0.1) is 11.5 Å². The average Bonchev–Trinajstić information content (AvgIpc) is 3.08. The largest absolute Gasteiger partial charge is 0.417 e. The van der Waals surface area contributed by atoms with Gasteiger partial charge in [-0.1, -0.05) is 25.6 Å². The molecule has 0 saturated carbocycles. The lowest BCUT2D eigenvalue weighted by molar-refractivity contribution is -0.137. The molecule has 0 amide bonds. The number of rotatable bonds is 2. The Hall–Kier alpha value is -2.08. The normalized spacial score (nSPS) is 18.9. The second-order valence-electron chi connectivity index (χ2n) is 8.85. The number of ether oxygens (including phenoxy) is 2. The number of benzene rings is 1. The highest BCUT2D eigenvalue weighted by Gasteiger charge is 2.38. The lowest BCUT2D eigenvalue weighted by Gasteiger charge is -2.22. The van der Waals surface area contributed by atoms with E-state index in [1.807, 2.05) is 6.20 Å². The molecule has 4 nitrogen and oxygen atoms in total. The van der Waals surface area contributed by atoms with Crippen LogP contribution in [0.4, 0.5) is 13.2 Å². The maximum absolute atomic E-state index is 14.0. The zero-order valence-corrected chi connectivity index (χ0v) is 18.4. The molecule has 1 fully saturated rings. The van der Waals surface area contributed by atoms with Crippen molar-refractivity contribution in [1.29, 1.82) is 0 Å². The summed E-state index contributed by atoms with van der Waals surface area (Å²) in [5.74, 6) is 2.99. The van der Waals surface area contributed by atoms with Gasteiger partial charge in [0.2, 0.25) is 0 Å². The fourth-order valence-corrected chi connectivity index (χ4v) is 4.32. The van der Waals surface area contributed by atoms with Gasteiger partial charge in [0, 0.05) is 17.3 Å². The quantitative estimate of drug-likeness (QED) is 0.522. The van der Waals surface area contributed by atoms with Crippen molar-refractivity contribution < 1.29 is 22.6 Å². The Morgan fingerprint density at radius 2 is 1.93 bits per heavy atom. The molecule has 8 heteroatoms. The second kappa shape index (κ2) is 7.87. The van der Waals surface area contributed by atoms with Crippen LogP contribution in [-0.4, -0.2) is 43.8 Å². The third kappa shape index (κ3) is 4.64. The summed E-state index contributed by atoms with van der Waals surface area (Å²) in [5.41, 5.74) is 5.07. The summed E-state index contributed by atoms with van der Waals surface area (Å²) in [5, 5.41) is 4.53. The molecule has 0 radical (unpaired) electrons. The lowest BCUT2D eigenvalue weighted by atomic mass is 9.85. The van der Waals surface area contributed by atoms with Gasteiger partial charge in [-0.2, -0.15) is 18.3 Å². The number of fused-ring (bicyclic) bond motifs is 3. The van der Waals surface area contributed by atoms with Crippen LogP contribution in [0.1, 0.15) is 22.3 Å². The van der Waals surface area contributed by atoms with E-state index in [2.05, 4.69) is 36.2 Å². The molecule has 2 aromatic rings. The maximum Gasteiger partial charge on any atom is 0.417 e. The monoisotopic (exact) mass is 434 g/mol. The molecule has 1 aromatic carbocycles. The molecule has 1 aromatic heterocycles. The molecule has 0 bridgehead atoms. The summed E-state index contributed by atoms with van der Waals surface area (Å²) >= 11 is 0. The third-order valence-electron chi connectivity index (χ3n) is 5.12. The average molecular weight is 435 g/mol. The van der Waals surface area contributed by atoms with Gasteiger partial charge in [-0.3, -0.25) is 4.68 Å². The Balaban J connectivity index is 1.75. The lowest BCUT2D eigenvalue weighted by Crippen LogP contribution is -2.32. The molecule has 4 rings (SSSR count). The van der Waals surface area contributed by atoms with E-state index in [1.165, 1.54) is 6.07 Å². The minimum absolute atomic E-state index is 0.138. The number of hydrogen-bond acceptors (Lipinski definition) is 3. The van der Waals surface area contributed by atoms with Gasteiger partial charge in [0.15, 0.2) is 0 Å². The molecule has 1 aliphatic carbocycles. The first-order valence-corrected chi connectivity index (χ1v) is 13.6. The van der Waals surface area contributed by atoms with E-state index in [0.717, 1.165) is 5.56 Å². The Labute approximate surface area is 175 Å². The van der Waals surface area contributed by atoms with Crippen molar-refractivity contribution in [2.45, 2.75) is 51.3 Å². The molecule has 1 saturated heterocycles. The Morgan fingerprint density at radius 1 is 1.17 bits per heavy atom. The summed E-state index contributed by atoms with van der Waals surface area (Å²) in [6.45, 7) is 8.23. The predicted octanol–water partition coefficient (Wildman–Crippen LogP) is 4.31. The van der Waals surface area contributed by atoms with Crippen LogP contribution >= 0.6 is 0 Å². The fourth-order valence-electron chi connectivity index (χ4n) is 3.80. The van der Waals surface area contributed by atoms with Crippen LogP contribution in [-0.2, 0) is 35.0 Å². The minimum atomic E-state index is -4.47. The first kappa shape index (κ1) is 21.2. The van der Waals surface area contributed by atoms with E-state index in [4.69, 9.17) is 9.47 Å². The van der Waals surface area contributed by atoms with E-state index in [9.17, 15) is 13.2 Å². The van der Waals surface area contributed by atoms with Crippen LogP contribution in [0.15, 0.2) is 18.3 Å².